The molecule has 1 saturated carbocycles. The maximum atomic E-state index is 12.4. The number of carboxylic acid groups (broad SMARTS) is 1. The summed E-state index contributed by atoms with van der Waals surface area (Å²) in [4.78, 5) is 36.3. The minimum Gasteiger partial charge on any atom is -0.481 e. The van der Waals surface area contributed by atoms with Crippen LogP contribution in [0.25, 0.3) is 0 Å². The van der Waals surface area contributed by atoms with Gasteiger partial charge < -0.3 is 14.7 Å². The first-order chi connectivity index (χ1) is 9.45. The van der Waals surface area contributed by atoms with Gasteiger partial charge in [-0.3, -0.25) is 14.4 Å². The summed E-state index contributed by atoms with van der Waals surface area (Å²) in [6.07, 6.45) is 4.70. The number of esters is 1. The number of ether oxygens (including phenoxy) is 1. The number of methoxy groups -OCH3 is 1. The molecule has 2 bridgehead atoms. The fourth-order valence-corrected chi connectivity index (χ4v) is 3.22. The van der Waals surface area contributed by atoms with Gasteiger partial charge in [0.05, 0.1) is 25.4 Å². The zero-order chi connectivity index (χ0) is 14.9. The first-order valence-corrected chi connectivity index (χ1v) is 6.68. The quantitative estimate of drug-likeness (QED) is 0.587. The molecule has 1 fully saturated rings. The predicted molar refractivity (Wildman–Crippen MR) is 69.6 cm³/mol. The van der Waals surface area contributed by atoms with Gasteiger partial charge in [-0.2, -0.15) is 0 Å². The van der Waals surface area contributed by atoms with Crippen LogP contribution >= 0.6 is 0 Å². The summed E-state index contributed by atoms with van der Waals surface area (Å²) in [7, 11) is 2.89. The second-order valence-electron chi connectivity index (χ2n) is 5.42. The highest BCUT2D eigenvalue weighted by Crippen LogP contribution is 2.48. The molecule has 0 radical (unpaired) electrons. The summed E-state index contributed by atoms with van der Waals surface area (Å²) < 4.78 is 4.53. The Kier molecular flexibility index (Phi) is 4.11. The Balaban J connectivity index is 2.02. The minimum absolute atomic E-state index is 0.00850. The highest BCUT2D eigenvalue weighted by Gasteiger charge is 2.52. The molecule has 0 aromatic carbocycles. The van der Waals surface area contributed by atoms with E-state index in [4.69, 9.17) is 0 Å². The van der Waals surface area contributed by atoms with Gasteiger partial charge in [0, 0.05) is 13.6 Å². The molecule has 4 atom stereocenters. The van der Waals surface area contributed by atoms with Crippen molar-refractivity contribution in [3.05, 3.63) is 12.2 Å². The summed E-state index contributed by atoms with van der Waals surface area (Å²) in [5, 5.41) is 9.31. The van der Waals surface area contributed by atoms with Gasteiger partial charge in [0.1, 0.15) is 0 Å². The van der Waals surface area contributed by atoms with E-state index in [2.05, 4.69) is 4.74 Å². The lowest BCUT2D eigenvalue weighted by atomic mass is 9.82. The van der Waals surface area contributed by atoms with E-state index in [9.17, 15) is 19.5 Å². The smallest absolute Gasteiger partial charge is 0.307 e. The summed E-state index contributed by atoms with van der Waals surface area (Å²) in [6.45, 7) is 0.245. The van der Waals surface area contributed by atoms with Crippen molar-refractivity contribution < 1.29 is 24.2 Å². The van der Waals surface area contributed by atoms with E-state index in [0.717, 1.165) is 6.42 Å². The SMILES string of the molecule is COC(=O)CCN(C)C(=O)[C@H]1C2C=CC(C2)[C@H]1C(=O)O. The zero-order valence-electron chi connectivity index (χ0n) is 11.6. The number of hydrogen-bond acceptors (Lipinski definition) is 4. The second-order valence-corrected chi connectivity index (χ2v) is 5.42. The van der Waals surface area contributed by atoms with Crippen molar-refractivity contribution in [2.75, 3.05) is 20.7 Å². The molecule has 20 heavy (non-hydrogen) atoms. The monoisotopic (exact) mass is 281 g/mol. The molecule has 2 unspecified atom stereocenters. The van der Waals surface area contributed by atoms with Crippen molar-refractivity contribution in [1.29, 1.82) is 0 Å². The Bertz CT molecular complexity index is 458. The average molecular weight is 281 g/mol. The molecule has 0 heterocycles. The molecule has 0 spiro atoms. The number of aliphatic carboxylic acids is 1. The van der Waals surface area contributed by atoms with Crippen LogP contribution in [0, 0.1) is 23.7 Å². The van der Waals surface area contributed by atoms with E-state index in [1.54, 1.807) is 7.05 Å². The number of fused-ring (bicyclic) bond motifs is 2. The molecule has 1 amide bonds. The molecule has 0 aromatic heterocycles. The third-order valence-corrected chi connectivity index (χ3v) is 4.28. The van der Waals surface area contributed by atoms with Gasteiger partial charge >= 0.3 is 11.9 Å². The van der Waals surface area contributed by atoms with Crippen molar-refractivity contribution in [2.24, 2.45) is 23.7 Å². The molecule has 2 rings (SSSR count). The molecule has 6 nitrogen and oxygen atoms in total. The van der Waals surface area contributed by atoms with Gasteiger partial charge in [-0.15, -0.1) is 0 Å². The molecular formula is C14H19NO5. The molecule has 1 N–H and O–H groups in total. The Morgan fingerprint density at radius 1 is 1.25 bits per heavy atom. The third-order valence-electron chi connectivity index (χ3n) is 4.28. The summed E-state index contributed by atoms with van der Waals surface area (Å²) in [6, 6.07) is 0. The van der Waals surface area contributed by atoms with Gasteiger partial charge in [-0.05, 0) is 18.3 Å². The summed E-state index contributed by atoms with van der Waals surface area (Å²) in [5.74, 6) is -2.68. The number of rotatable bonds is 5. The lowest BCUT2D eigenvalue weighted by molar-refractivity contribution is -0.151. The van der Waals surface area contributed by atoms with Crippen molar-refractivity contribution in [3.8, 4) is 0 Å². The van der Waals surface area contributed by atoms with Crippen LogP contribution in [-0.2, 0) is 19.1 Å². The molecular weight excluding hydrogens is 262 g/mol. The van der Waals surface area contributed by atoms with Gasteiger partial charge in [0.25, 0.3) is 0 Å². The van der Waals surface area contributed by atoms with Crippen molar-refractivity contribution in [1.82, 2.24) is 4.90 Å². The van der Waals surface area contributed by atoms with Gasteiger partial charge in [-0.25, -0.2) is 0 Å². The zero-order valence-corrected chi connectivity index (χ0v) is 11.6. The van der Waals surface area contributed by atoms with Crippen LogP contribution in [0.3, 0.4) is 0 Å². The maximum absolute atomic E-state index is 12.4. The Morgan fingerprint density at radius 2 is 1.85 bits per heavy atom. The molecule has 0 saturated heterocycles. The number of amides is 1. The Morgan fingerprint density at radius 3 is 2.40 bits per heavy atom. The van der Waals surface area contributed by atoms with Crippen LogP contribution in [0.2, 0.25) is 0 Å². The molecule has 0 aromatic rings. The number of carbonyl (C=O) groups excluding carboxylic acids is 2. The molecule has 6 heteroatoms. The molecule has 110 valence electrons. The average Bonchev–Trinajstić information content (AvgIpc) is 3.03. The van der Waals surface area contributed by atoms with Crippen molar-refractivity contribution in [3.63, 3.8) is 0 Å². The molecule has 2 aliphatic carbocycles. The number of allylic oxidation sites excluding steroid dienone is 2. The fourth-order valence-electron chi connectivity index (χ4n) is 3.22. The Hall–Kier alpha value is -1.85. The topological polar surface area (TPSA) is 83.9 Å². The van der Waals surface area contributed by atoms with E-state index in [1.165, 1.54) is 12.0 Å². The van der Waals surface area contributed by atoms with Crippen LogP contribution in [0.4, 0.5) is 0 Å². The van der Waals surface area contributed by atoms with Gasteiger partial charge in [0.2, 0.25) is 5.91 Å². The van der Waals surface area contributed by atoms with E-state index in [1.807, 2.05) is 12.2 Å². The standard InChI is InChI=1S/C14H19NO5/c1-15(6-5-10(16)20-2)13(17)11-8-3-4-9(7-8)12(11)14(18)19/h3-4,8-9,11-12H,5-7H2,1-2H3,(H,18,19)/t8?,9?,11-,12+/m0/s1. The van der Waals surface area contributed by atoms with Crippen molar-refractivity contribution >= 4 is 17.8 Å². The van der Waals surface area contributed by atoms with Crippen LogP contribution < -0.4 is 0 Å². The number of nitrogens with zero attached hydrogens (tertiary/aromatic N) is 1. The van der Waals surface area contributed by atoms with E-state index >= 15 is 0 Å². The largest absolute Gasteiger partial charge is 0.481 e. The number of carboxylic acids is 1. The number of hydrogen-bond donors (Lipinski definition) is 1. The lowest BCUT2D eigenvalue weighted by Crippen LogP contribution is -2.41. The van der Waals surface area contributed by atoms with Crippen LogP contribution in [0.5, 0.6) is 0 Å². The molecule has 0 aliphatic heterocycles. The van der Waals surface area contributed by atoms with Crippen LogP contribution in [0.1, 0.15) is 12.8 Å². The van der Waals surface area contributed by atoms with E-state index < -0.39 is 17.8 Å². The lowest BCUT2D eigenvalue weighted by Gasteiger charge is -2.28. The Labute approximate surface area is 117 Å². The predicted octanol–water partition coefficient (Wildman–Crippen LogP) is 0.531. The first kappa shape index (κ1) is 14.6. The normalized spacial score (nSPS) is 30.3. The molecule has 2 aliphatic rings. The minimum atomic E-state index is -0.915. The van der Waals surface area contributed by atoms with Crippen LogP contribution in [0.15, 0.2) is 12.2 Å². The van der Waals surface area contributed by atoms with E-state index in [-0.39, 0.29) is 36.7 Å². The first-order valence-electron chi connectivity index (χ1n) is 6.68. The second kappa shape index (κ2) is 5.64. The highest BCUT2D eigenvalue weighted by atomic mass is 16.5. The summed E-state index contributed by atoms with van der Waals surface area (Å²) in [5.41, 5.74) is 0. The fraction of sp³-hybridized carbons (Fsp3) is 0.643. The van der Waals surface area contributed by atoms with Crippen LogP contribution in [-0.4, -0.2) is 48.6 Å². The number of carbonyl (C=O) groups is 3. The van der Waals surface area contributed by atoms with E-state index in [0.29, 0.717) is 0 Å². The summed E-state index contributed by atoms with van der Waals surface area (Å²) >= 11 is 0. The maximum Gasteiger partial charge on any atom is 0.307 e. The highest BCUT2D eigenvalue weighted by molar-refractivity contribution is 5.87. The van der Waals surface area contributed by atoms with Crippen molar-refractivity contribution in [2.45, 2.75) is 12.8 Å². The van der Waals surface area contributed by atoms with Gasteiger partial charge in [-0.1, -0.05) is 12.2 Å². The third kappa shape index (κ3) is 2.55. The van der Waals surface area contributed by atoms with Gasteiger partial charge in [0.15, 0.2) is 0 Å².